The van der Waals surface area contributed by atoms with Crippen LogP contribution in [0.4, 0.5) is 5.69 Å². The van der Waals surface area contributed by atoms with Crippen molar-refractivity contribution in [2.75, 3.05) is 32.1 Å². The molecule has 0 amide bonds. The molecule has 1 aromatic rings. The minimum absolute atomic E-state index is 0.222. The number of hydrogen-bond acceptors (Lipinski definition) is 3. The van der Waals surface area contributed by atoms with Crippen LogP contribution in [0.15, 0.2) is 18.2 Å². The molecule has 19 heavy (non-hydrogen) atoms. The molecule has 5 heteroatoms. The zero-order valence-corrected chi connectivity index (χ0v) is 12.6. The van der Waals surface area contributed by atoms with E-state index in [9.17, 15) is 9.90 Å². The largest absolute Gasteiger partial charge is 0.478 e. The fraction of sp³-hybridized carbons (Fsp3) is 0.500. The lowest BCUT2D eigenvalue weighted by atomic mass is 10.1. The average Bonchev–Trinajstić information content (AvgIpc) is 2.30. The number of likely N-dealkylation sites (N-methyl/N-ethyl adjacent to an activating group) is 2. The van der Waals surface area contributed by atoms with Gasteiger partial charge in [-0.1, -0.05) is 11.6 Å². The maximum Gasteiger partial charge on any atom is 0.337 e. The van der Waals surface area contributed by atoms with Gasteiger partial charge in [-0.2, -0.15) is 0 Å². The quantitative estimate of drug-likeness (QED) is 0.872. The van der Waals surface area contributed by atoms with Crippen LogP contribution in [-0.4, -0.2) is 49.2 Å². The Balaban J connectivity index is 3.14. The molecule has 0 saturated carbocycles. The highest BCUT2D eigenvalue weighted by molar-refractivity contribution is 6.31. The van der Waals surface area contributed by atoms with E-state index in [2.05, 4.69) is 16.7 Å². The Labute approximate surface area is 119 Å². The fourth-order valence-electron chi connectivity index (χ4n) is 2.28. The predicted octanol–water partition coefficient (Wildman–Crippen LogP) is 2.81. The van der Waals surface area contributed by atoms with Crippen molar-refractivity contribution in [1.82, 2.24) is 4.90 Å². The van der Waals surface area contributed by atoms with Crippen LogP contribution in [0.25, 0.3) is 0 Å². The average molecular weight is 285 g/mol. The van der Waals surface area contributed by atoms with Gasteiger partial charge >= 0.3 is 5.97 Å². The minimum atomic E-state index is -0.951. The Morgan fingerprint density at radius 3 is 2.53 bits per heavy atom. The molecule has 0 aromatic heterocycles. The second kappa shape index (κ2) is 6.78. The van der Waals surface area contributed by atoms with Crippen molar-refractivity contribution < 1.29 is 9.90 Å². The van der Waals surface area contributed by atoms with Crippen molar-refractivity contribution >= 4 is 23.3 Å². The number of halogens is 1. The van der Waals surface area contributed by atoms with E-state index in [1.165, 1.54) is 6.07 Å². The van der Waals surface area contributed by atoms with Gasteiger partial charge < -0.3 is 14.9 Å². The van der Waals surface area contributed by atoms with Gasteiger partial charge in [0.25, 0.3) is 0 Å². The summed E-state index contributed by atoms with van der Waals surface area (Å²) >= 11 is 5.88. The van der Waals surface area contributed by atoms with Crippen molar-refractivity contribution in [2.24, 2.45) is 0 Å². The summed E-state index contributed by atoms with van der Waals surface area (Å²) in [6.45, 7) is 5.71. The van der Waals surface area contributed by atoms with Gasteiger partial charge in [-0.3, -0.25) is 0 Å². The minimum Gasteiger partial charge on any atom is -0.478 e. The molecule has 0 heterocycles. The van der Waals surface area contributed by atoms with Crippen LogP contribution in [0.3, 0.4) is 0 Å². The van der Waals surface area contributed by atoms with Gasteiger partial charge in [-0.25, -0.2) is 4.79 Å². The highest BCUT2D eigenvalue weighted by atomic mass is 35.5. The number of carboxylic acid groups (broad SMARTS) is 1. The summed E-state index contributed by atoms with van der Waals surface area (Å²) < 4.78 is 0. The van der Waals surface area contributed by atoms with E-state index in [4.69, 9.17) is 11.6 Å². The number of carbonyl (C=O) groups is 1. The van der Waals surface area contributed by atoms with E-state index < -0.39 is 5.97 Å². The lowest BCUT2D eigenvalue weighted by molar-refractivity contribution is 0.0697. The summed E-state index contributed by atoms with van der Waals surface area (Å²) in [5, 5.41) is 9.74. The van der Waals surface area contributed by atoms with Gasteiger partial charge in [0.2, 0.25) is 0 Å². The van der Waals surface area contributed by atoms with Gasteiger partial charge in [0, 0.05) is 24.2 Å². The smallest absolute Gasteiger partial charge is 0.337 e. The van der Waals surface area contributed by atoms with Gasteiger partial charge in [-0.05, 0) is 46.1 Å². The molecule has 0 spiro atoms. The first-order valence-electron chi connectivity index (χ1n) is 6.31. The van der Waals surface area contributed by atoms with Gasteiger partial charge in [0.15, 0.2) is 0 Å². The van der Waals surface area contributed by atoms with Crippen molar-refractivity contribution in [3.8, 4) is 0 Å². The van der Waals surface area contributed by atoms with Crippen LogP contribution in [0.2, 0.25) is 5.02 Å². The molecule has 0 aliphatic heterocycles. The second-order valence-corrected chi connectivity index (χ2v) is 5.30. The molecule has 0 fully saturated rings. The molecule has 4 nitrogen and oxygen atoms in total. The first-order chi connectivity index (χ1) is 8.86. The van der Waals surface area contributed by atoms with E-state index >= 15 is 0 Å². The monoisotopic (exact) mass is 284 g/mol. The molecule has 1 N–H and O–H groups in total. The molecule has 0 bridgehead atoms. The van der Waals surface area contributed by atoms with Crippen LogP contribution in [-0.2, 0) is 0 Å². The molecule has 0 aliphatic carbocycles. The molecule has 1 aromatic carbocycles. The molecular formula is C14H21ClN2O2. The standard InChI is InChI=1S/C14H21ClN2O2/c1-5-17(10(2)9-16(3)4)13-7-6-11(15)8-12(13)14(18)19/h6-8,10H,5,9H2,1-4H3,(H,18,19). The molecule has 1 unspecified atom stereocenters. The summed E-state index contributed by atoms with van der Waals surface area (Å²) in [5.41, 5.74) is 0.966. The zero-order chi connectivity index (χ0) is 14.6. The Morgan fingerprint density at radius 2 is 2.05 bits per heavy atom. The van der Waals surface area contributed by atoms with Gasteiger partial charge in [0.05, 0.1) is 11.3 Å². The van der Waals surface area contributed by atoms with Crippen molar-refractivity contribution in [2.45, 2.75) is 19.9 Å². The molecule has 0 aliphatic rings. The van der Waals surface area contributed by atoms with Crippen molar-refractivity contribution in [3.63, 3.8) is 0 Å². The lowest BCUT2D eigenvalue weighted by Crippen LogP contribution is -2.40. The lowest BCUT2D eigenvalue weighted by Gasteiger charge is -2.33. The first kappa shape index (κ1) is 15.8. The van der Waals surface area contributed by atoms with Crippen molar-refractivity contribution in [3.05, 3.63) is 28.8 Å². The van der Waals surface area contributed by atoms with E-state index in [0.29, 0.717) is 10.7 Å². The highest BCUT2D eigenvalue weighted by Crippen LogP contribution is 2.26. The van der Waals surface area contributed by atoms with Crippen LogP contribution >= 0.6 is 11.6 Å². The summed E-state index contributed by atoms with van der Waals surface area (Å²) in [6, 6.07) is 5.24. The first-order valence-corrected chi connectivity index (χ1v) is 6.68. The SMILES string of the molecule is CCN(c1ccc(Cl)cc1C(=O)O)C(C)CN(C)C. The fourth-order valence-corrected chi connectivity index (χ4v) is 2.45. The van der Waals surface area contributed by atoms with Crippen LogP contribution in [0.1, 0.15) is 24.2 Å². The summed E-state index contributed by atoms with van der Waals surface area (Å²) in [5.74, 6) is -0.951. The van der Waals surface area contributed by atoms with E-state index in [1.807, 2.05) is 21.0 Å². The molecule has 1 rings (SSSR count). The Hall–Kier alpha value is -1.26. The Bertz CT molecular complexity index is 449. The van der Waals surface area contributed by atoms with Crippen LogP contribution < -0.4 is 4.90 Å². The third kappa shape index (κ3) is 4.11. The summed E-state index contributed by atoms with van der Waals surface area (Å²) in [7, 11) is 4.01. The van der Waals surface area contributed by atoms with E-state index in [-0.39, 0.29) is 11.6 Å². The third-order valence-electron chi connectivity index (χ3n) is 3.00. The summed E-state index contributed by atoms with van der Waals surface area (Å²) in [4.78, 5) is 15.5. The highest BCUT2D eigenvalue weighted by Gasteiger charge is 2.20. The molecule has 0 radical (unpaired) electrons. The number of benzene rings is 1. The zero-order valence-electron chi connectivity index (χ0n) is 11.9. The van der Waals surface area contributed by atoms with Gasteiger partial charge in [0.1, 0.15) is 0 Å². The number of nitrogens with zero attached hydrogens (tertiary/aromatic N) is 2. The maximum atomic E-state index is 11.3. The molecule has 106 valence electrons. The van der Waals surface area contributed by atoms with Gasteiger partial charge in [-0.15, -0.1) is 0 Å². The Kier molecular flexibility index (Phi) is 5.63. The number of hydrogen-bond donors (Lipinski definition) is 1. The van der Waals surface area contributed by atoms with E-state index in [0.717, 1.165) is 13.1 Å². The molecule has 1 atom stereocenters. The topological polar surface area (TPSA) is 43.8 Å². The van der Waals surface area contributed by atoms with Crippen molar-refractivity contribution in [1.29, 1.82) is 0 Å². The number of rotatable bonds is 6. The molecule has 0 saturated heterocycles. The number of carboxylic acids is 1. The second-order valence-electron chi connectivity index (χ2n) is 4.86. The third-order valence-corrected chi connectivity index (χ3v) is 3.24. The number of aromatic carboxylic acids is 1. The predicted molar refractivity (Wildman–Crippen MR) is 79.4 cm³/mol. The van der Waals surface area contributed by atoms with Crippen LogP contribution in [0, 0.1) is 0 Å². The summed E-state index contributed by atoms with van der Waals surface area (Å²) in [6.07, 6.45) is 0. The number of anilines is 1. The maximum absolute atomic E-state index is 11.3. The molecular weight excluding hydrogens is 264 g/mol. The van der Waals surface area contributed by atoms with E-state index in [1.54, 1.807) is 12.1 Å². The Morgan fingerprint density at radius 1 is 1.42 bits per heavy atom. The normalized spacial score (nSPS) is 12.5. The van der Waals surface area contributed by atoms with Crippen LogP contribution in [0.5, 0.6) is 0 Å².